The van der Waals surface area contributed by atoms with Crippen LogP contribution in [0.15, 0.2) is 12.1 Å². The van der Waals surface area contributed by atoms with Gasteiger partial charge in [0, 0.05) is 18.2 Å². The van der Waals surface area contributed by atoms with Crippen molar-refractivity contribution in [1.29, 1.82) is 0 Å². The summed E-state index contributed by atoms with van der Waals surface area (Å²) in [7, 11) is -0.891. The number of hydrogen-bond donors (Lipinski definition) is 1. The fraction of sp³-hybridized carbons (Fsp3) is 0.500. The fourth-order valence-corrected chi connectivity index (χ4v) is 3.13. The number of methoxy groups -OCH3 is 2. The quantitative estimate of drug-likeness (QED) is 0.792. The van der Waals surface area contributed by atoms with Crippen LogP contribution in [-0.4, -0.2) is 47.4 Å². The second kappa shape index (κ2) is 6.84. The molecule has 128 valence electrons. The van der Waals surface area contributed by atoms with Gasteiger partial charge < -0.3 is 14.8 Å². The normalized spacial score (nSPS) is 14.3. The summed E-state index contributed by atoms with van der Waals surface area (Å²) in [5.74, 6) is 0.160. The summed E-state index contributed by atoms with van der Waals surface area (Å²) in [5, 5.41) is 3.04. The zero-order valence-electron chi connectivity index (χ0n) is 13.1. The van der Waals surface area contributed by atoms with E-state index in [1.54, 1.807) is 0 Å². The smallest absolute Gasteiger partial charge is 0.240 e. The first-order valence-corrected chi connectivity index (χ1v) is 9.17. The van der Waals surface area contributed by atoms with Gasteiger partial charge in [0.1, 0.15) is 18.0 Å². The average molecular weight is 363 g/mol. The molecule has 0 spiro atoms. The lowest BCUT2D eigenvalue weighted by Crippen LogP contribution is -2.41. The van der Waals surface area contributed by atoms with Crippen molar-refractivity contribution in [3.8, 4) is 11.5 Å². The Bertz CT molecular complexity index is 703. The van der Waals surface area contributed by atoms with Gasteiger partial charge in [-0.25, -0.2) is 8.42 Å². The van der Waals surface area contributed by atoms with Gasteiger partial charge in [-0.1, -0.05) is 11.6 Å². The number of benzene rings is 1. The van der Waals surface area contributed by atoms with Crippen LogP contribution in [0.1, 0.15) is 12.8 Å². The third kappa shape index (κ3) is 4.42. The molecule has 1 aliphatic carbocycles. The molecule has 1 aliphatic rings. The van der Waals surface area contributed by atoms with E-state index in [1.165, 1.54) is 26.4 Å². The first-order chi connectivity index (χ1) is 10.8. The van der Waals surface area contributed by atoms with Crippen LogP contribution in [0.4, 0.5) is 5.69 Å². The van der Waals surface area contributed by atoms with E-state index in [4.69, 9.17) is 21.1 Å². The van der Waals surface area contributed by atoms with Crippen molar-refractivity contribution in [2.24, 2.45) is 0 Å². The van der Waals surface area contributed by atoms with E-state index in [2.05, 4.69) is 5.32 Å². The molecule has 0 unspecified atom stereocenters. The number of nitrogens with zero attached hydrogens (tertiary/aromatic N) is 1. The van der Waals surface area contributed by atoms with Crippen molar-refractivity contribution in [2.45, 2.75) is 18.9 Å². The summed E-state index contributed by atoms with van der Waals surface area (Å²) >= 11 is 6.03. The topological polar surface area (TPSA) is 84.9 Å². The predicted octanol–water partition coefficient (Wildman–Crippen LogP) is 1.40. The minimum atomic E-state index is -3.70. The van der Waals surface area contributed by atoms with Crippen molar-refractivity contribution in [3.63, 3.8) is 0 Å². The largest absolute Gasteiger partial charge is 0.495 e. The fourth-order valence-electron chi connectivity index (χ4n) is 2.05. The summed E-state index contributed by atoms with van der Waals surface area (Å²) < 4.78 is 35.6. The van der Waals surface area contributed by atoms with Gasteiger partial charge in [-0.3, -0.25) is 9.10 Å². The monoisotopic (exact) mass is 362 g/mol. The second-order valence-corrected chi connectivity index (χ2v) is 7.58. The highest BCUT2D eigenvalue weighted by Gasteiger charge is 2.28. The predicted molar refractivity (Wildman–Crippen MR) is 87.9 cm³/mol. The van der Waals surface area contributed by atoms with Gasteiger partial charge in [0.15, 0.2) is 0 Å². The Balaban J connectivity index is 2.39. The molecule has 1 saturated carbocycles. The lowest BCUT2D eigenvalue weighted by molar-refractivity contribution is -0.119. The molecule has 1 aromatic rings. The molecule has 0 aliphatic heterocycles. The van der Waals surface area contributed by atoms with Crippen molar-refractivity contribution >= 4 is 33.2 Å². The number of nitrogens with one attached hydrogen (secondary N) is 1. The van der Waals surface area contributed by atoms with E-state index >= 15 is 0 Å². The second-order valence-electron chi connectivity index (χ2n) is 5.27. The molecule has 0 heterocycles. The standard InChI is InChI=1S/C14H19ClN2O5S/c1-21-12-7-11(13(22-2)6-10(12)15)17(23(3,19)20)8-14(18)16-9-4-5-9/h6-7,9H,4-5,8H2,1-3H3,(H,16,18). The van der Waals surface area contributed by atoms with Crippen molar-refractivity contribution in [2.75, 3.05) is 31.3 Å². The van der Waals surface area contributed by atoms with E-state index in [1.807, 2.05) is 0 Å². The molecule has 0 radical (unpaired) electrons. The molecule has 0 bridgehead atoms. The van der Waals surface area contributed by atoms with Crippen LogP contribution in [-0.2, 0) is 14.8 Å². The summed E-state index contributed by atoms with van der Waals surface area (Å²) in [5.41, 5.74) is 0.196. The van der Waals surface area contributed by atoms with E-state index < -0.39 is 10.0 Å². The number of hydrogen-bond acceptors (Lipinski definition) is 5. The summed E-state index contributed by atoms with van der Waals surface area (Å²) in [4.78, 5) is 12.0. The average Bonchev–Trinajstić information content (AvgIpc) is 3.27. The van der Waals surface area contributed by atoms with Crippen molar-refractivity contribution in [3.05, 3.63) is 17.2 Å². The minimum Gasteiger partial charge on any atom is -0.495 e. The molecular weight excluding hydrogens is 344 g/mol. The van der Waals surface area contributed by atoms with Gasteiger partial charge in [-0.05, 0) is 12.8 Å². The molecule has 1 N–H and O–H groups in total. The molecule has 0 atom stereocenters. The van der Waals surface area contributed by atoms with E-state index in [-0.39, 0.29) is 35.0 Å². The van der Waals surface area contributed by atoms with Gasteiger partial charge in [0.05, 0.1) is 31.2 Å². The highest BCUT2D eigenvalue weighted by Crippen LogP contribution is 2.38. The van der Waals surface area contributed by atoms with E-state index in [0.29, 0.717) is 5.75 Å². The third-order valence-corrected chi connectivity index (χ3v) is 4.77. The number of carbonyl (C=O) groups is 1. The van der Waals surface area contributed by atoms with Crippen LogP contribution in [0, 0.1) is 0 Å². The van der Waals surface area contributed by atoms with Crippen LogP contribution in [0.25, 0.3) is 0 Å². The van der Waals surface area contributed by atoms with Gasteiger partial charge >= 0.3 is 0 Å². The highest BCUT2D eigenvalue weighted by molar-refractivity contribution is 7.92. The van der Waals surface area contributed by atoms with Gasteiger partial charge in [-0.15, -0.1) is 0 Å². The number of sulfonamides is 1. The Kier molecular flexibility index (Phi) is 5.26. The van der Waals surface area contributed by atoms with Crippen molar-refractivity contribution < 1.29 is 22.7 Å². The van der Waals surface area contributed by atoms with Gasteiger partial charge in [0.25, 0.3) is 0 Å². The zero-order chi connectivity index (χ0) is 17.2. The number of rotatable bonds is 7. The molecular formula is C14H19ClN2O5S. The third-order valence-electron chi connectivity index (χ3n) is 3.35. The van der Waals surface area contributed by atoms with Crippen LogP contribution in [0.3, 0.4) is 0 Å². The molecule has 1 amide bonds. The SMILES string of the molecule is COc1cc(N(CC(=O)NC2CC2)S(C)(=O)=O)c(OC)cc1Cl. The maximum absolute atomic E-state index is 12.1. The number of anilines is 1. The Morgan fingerprint density at radius 2 is 1.91 bits per heavy atom. The summed E-state index contributed by atoms with van der Waals surface area (Å²) in [6, 6.07) is 3.03. The minimum absolute atomic E-state index is 0.144. The number of amides is 1. The maximum Gasteiger partial charge on any atom is 0.240 e. The maximum atomic E-state index is 12.1. The summed E-state index contributed by atoms with van der Waals surface area (Å²) in [6.07, 6.45) is 2.86. The zero-order valence-corrected chi connectivity index (χ0v) is 14.7. The van der Waals surface area contributed by atoms with Crippen LogP contribution in [0.5, 0.6) is 11.5 Å². The van der Waals surface area contributed by atoms with Crippen LogP contribution in [0.2, 0.25) is 5.02 Å². The lowest BCUT2D eigenvalue weighted by atomic mass is 10.2. The molecule has 7 nitrogen and oxygen atoms in total. The molecule has 1 fully saturated rings. The molecule has 23 heavy (non-hydrogen) atoms. The number of ether oxygens (including phenoxy) is 2. The van der Waals surface area contributed by atoms with Crippen molar-refractivity contribution in [1.82, 2.24) is 5.32 Å². The molecule has 1 aromatic carbocycles. The molecule has 0 aromatic heterocycles. The molecule has 0 saturated heterocycles. The number of carbonyl (C=O) groups excluding carboxylic acids is 1. The first-order valence-electron chi connectivity index (χ1n) is 6.95. The Morgan fingerprint density at radius 3 is 2.39 bits per heavy atom. The van der Waals surface area contributed by atoms with Crippen LogP contribution < -0.4 is 19.1 Å². The Hall–Kier alpha value is -1.67. The van der Waals surface area contributed by atoms with E-state index in [9.17, 15) is 13.2 Å². The van der Waals surface area contributed by atoms with Crippen LogP contribution >= 0.6 is 11.6 Å². The highest BCUT2D eigenvalue weighted by atomic mass is 35.5. The molecule has 2 rings (SSSR count). The molecule has 9 heteroatoms. The Morgan fingerprint density at radius 1 is 1.30 bits per heavy atom. The summed E-state index contributed by atoms with van der Waals surface area (Å²) in [6.45, 7) is -0.337. The van der Waals surface area contributed by atoms with Gasteiger partial charge in [0.2, 0.25) is 15.9 Å². The number of halogens is 1. The first kappa shape index (κ1) is 17.7. The Labute approximate surface area is 140 Å². The lowest BCUT2D eigenvalue weighted by Gasteiger charge is -2.24. The van der Waals surface area contributed by atoms with E-state index in [0.717, 1.165) is 23.4 Å². The van der Waals surface area contributed by atoms with Gasteiger partial charge in [-0.2, -0.15) is 0 Å².